The molecule has 0 saturated heterocycles. The first-order valence-corrected chi connectivity index (χ1v) is 8.33. The normalized spacial score (nSPS) is 10.5. The van der Waals surface area contributed by atoms with Gasteiger partial charge in [0.15, 0.2) is 0 Å². The van der Waals surface area contributed by atoms with Gasteiger partial charge in [0.2, 0.25) is 5.91 Å². The highest BCUT2D eigenvalue weighted by Gasteiger charge is 2.17. The molecule has 3 aromatic rings. The lowest BCUT2D eigenvalue weighted by molar-refractivity contribution is -0.119. The zero-order chi connectivity index (χ0) is 18.7. The van der Waals surface area contributed by atoms with Gasteiger partial charge in [-0.3, -0.25) is 19.1 Å². The standard InChI is InChI=1S/C18H12Cl2N4O2/c19-12-8-14-17(15(20)9-12)22-11-23(18(14)26)10-16(25)24(7-6-21)13-4-2-1-3-5-13/h1-5,8-9,11H,7,10H2. The van der Waals surface area contributed by atoms with Gasteiger partial charge >= 0.3 is 0 Å². The van der Waals surface area contributed by atoms with E-state index in [9.17, 15) is 9.59 Å². The van der Waals surface area contributed by atoms with Crippen molar-refractivity contribution in [2.45, 2.75) is 6.54 Å². The minimum atomic E-state index is -0.433. The monoisotopic (exact) mass is 386 g/mol. The van der Waals surface area contributed by atoms with Gasteiger partial charge in [0.25, 0.3) is 5.56 Å². The predicted octanol–water partition coefficient (Wildman–Crippen LogP) is 3.26. The number of rotatable bonds is 4. The average molecular weight is 387 g/mol. The number of amides is 1. The number of anilines is 1. The molecule has 0 saturated carbocycles. The minimum absolute atomic E-state index is 0.129. The van der Waals surface area contributed by atoms with Crippen LogP contribution in [-0.2, 0) is 11.3 Å². The van der Waals surface area contributed by atoms with Crippen LogP contribution in [0.1, 0.15) is 0 Å². The molecule has 0 atom stereocenters. The zero-order valence-electron chi connectivity index (χ0n) is 13.4. The largest absolute Gasteiger partial charge is 0.297 e. The maximum absolute atomic E-state index is 12.7. The van der Waals surface area contributed by atoms with Crippen molar-refractivity contribution < 1.29 is 4.79 Å². The van der Waals surface area contributed by atoms with Crippen LogP contribution in [0.2, 0.25) is 10.0 Å². The molecular formula is C18H12Cl2N4O2. The second kappa shape index (κ2) is 7.56. The zero-order valence-corrected chi connectivity index (χ0v) is 14.9. The molecule has 0 radical (unpaired) electrons. The van der Waals surface area contributed by atoms with E-state index in [1.165, 1.54) is 27.9 Å². The quantitative estimate of drug-likeness (QED) is 0.644. The smallest absolute Gasteiger partial charge is 0.261 e. The fourth-order valence-electron chi connectivity index (χ4n) is 2.54. The first kappa shape index (κ1) is 17.9. The topological polar surface area (TPSA) is 79.0 Å². The lowest BCUT2D eigenvalue weighted by atomic mass is 10.2. The van der Waals surface area contributed by atoms with E-state index in [2.05, 4.69) is 4.98 Å². The lowest BCUT2D eigenvalue weighted by Gasteiger charge is -2.20. The van der Waals surface area contributed by atoms with Crippen LogP contribution in [-0.4, -0.2) is 22.0 Å². The van der Waals surface area contributed by atoms with E-state index in [-0.39, 0.29) is 23.5 Å². The van der Waals surface area contributed by atoms with Crippen molar-refractivity contribution in [1.29, 1.82) is 5.26 Å². The lowest BCUT2D eigenvalue weighted by Crippen LogP contribution is -2.37. The molecule has 1 aromatic heterocycles. The molecule has 6 nitrogen and oxygen atoms in total. The van der Waals surface area contributed by atoms with Gasteiger partial charge in [0.05, 0.1) is 28.3 Å². The van der Waals surface area contributed by atoms with Crippen LogP contribution in [0.5, 0.6) is 0 Å². The summed E-state index contributed by atoms with van der Waals surface area (Å²) in [6, 6.07) is 13.7. The third-order valence-electron chi connectivity index (χ3n) is 3.75. The number of aromatic nitrogens is 2. The number of hydrogen-bond donors (Lipinski definition) is 0. The van der Waals surface area contributed by atoms with E-state index in [0.717, 1.165) is 0 Å². The summed E-state index contributed by atoms with van der Waals surface area (Å²) in [5.41, 5.74) is 0.464. The fourth-order valence-corrected chi connectivity index (χ4v) is 3.08. The van der Waals surface area contributed by atoms with Crippen LogP contribution < -0.4 is 10.5 Å². The van der Waals surface area contributed by atoms with E-state index in [1.807, 2.05) is 12.1 Å². The summed E-state index contributed by atoms with van der Waals surface area (Å²) in [6.45, 7) is -0.390. The molecule has 130 valence electrons. The Bertz CT molecular complexity index is 1070. The Morgan fingerprint density at radius 2 is 1.96 bits per heavy atom. The molecule has 0 aliphatic carbocycles. The summed E-state index contributed by atoms with van der Waals surface area (Å²) in [7, 11) is 0. The third-order valence-corrected chi connectivity index (χ3v) is 4.26. The molecule has 26 heavy (non-hydrogen) atoms. The maximum Gasteiger partial charge on any atom is 0.261 e. The van der Waals surface area contributed by atoms with E-state index >= 15 is 0 Å². The Morgan fingerprint density at radius 3 is 2.65 bits per heavy atom. The highest BCUT2D eigenvalue weighted by atomic mass is 35.5. The highest BCUT2D eigenvalue weighted by Crippen LogP contribution is 2.24. The van der Waals surface area contributed by atoms with Crippen LogP contribution in [0.15, 0.2) is 53.6 Å². The number of halogens is 2. The number of hydrogen-bond acceptors (Lipinski definition) is 4. The first-order valence-electron chi connectivity index (χ1n) is 7.58. The summed E-state index contributed by atoms with van der Waals surface area (Å²) in [5, 5.41) is 9.81. The second-order valence-corrected chi connectivity index (χ2v) is 6.28. The van der Waals surface area contributed by atoms with Crippen LogP contribution in [0.25, 0.3) is 10.9 Å². The number of para-hydroxylation sites is 1. The Labute approximate surface area is 158 Å². The van der Waals surface area contributed by atoms with Crippen molar-refractivity contribution in [1.82, 2.24) is 9.55 Å². The molecule has 0 aliphatic heterocycles. The van der Waals surface area contributed by atoms with Gasteiger partial charge < -0.3 is 0 Å². The van der Waals surface area contributed by atoms with E-state index in [1.54, 1.807) is 24.3 Å². The molecule has 0 N–H and O–H groups in total. The number of fused-ring (bicyclic) bond motifs is 1. The number of carbonyl (C=O) groups excluding carboxylic acids is 1. The van der Waals surface area contributed by atoms with Crippen molar-refractivity contribution in [3.8, 4) is 6.07 Å². The number of carbonyl (C=O) groups is 1. The molecule has 3 rings (SSSR count). The summed E-state index contributed by atoms with van der Waals surface area (Å²) < 4.78 is 1.17. The molecule has 1 heterocycles. The number of benzene rings is 2. The van der Waals surface area contributed by atoms with Gasteiger partial charge in [-0.1, -0.05) is 41.4 Å². The SMILES string of the molecule is N#CCN(C(=O)Cn1cnc2c(Cl)cc(Cl)cc2c1=O)c1ccccc1. The van der Waals surface area contributed by atoms with Crippen LogP contribution in [0, 0.1) is 11.3 Å². The summed E-state index contributed by atoms with van der Waals surface area (Å²) in [4.78, 5) is 30.8. The molecule has 1 amide bonds. The minimum Gasteiger partial charge on any atom is -0.297 e. The Morgan fingerprint density at radius 1 is 1.23 bits per heavy atom. The van der Waals surface area contributed by atoms with E-state index < -0.39 is 11.5 Å². The summed E-state index contributed by atoms with van der Waals surface area (Å²) >= 11 is 12.0. The van der Waals surface area contributed by atoms with Gasteiger partial charge in [-0.05, 0) is 24.3 Å². The molecule has 0 unspecified atom stereocenters. The average Bonchev–Trinajstić information content (AvgIpc) is 2.63. The van der Waals surface area contributed by atoms with Crippen LogP contribution in [0.4, 0.5) is 5.69 Å². The van der Waals surface area contributed by atoms with Crippen LogP contribution >= 0.6 is 23.2 Å². The van der Waals surface area contributed by atoms with Crippen molar-refractivity contribution in [2.75, 3.05) is 11.4 Å². The van der Waals surface area contributed by atoms with Crippen LogP contribution in [0.3, 0.4) is 0 Å². The Balaban J connectivity index is 1.97. The van der Waals surface area contributed by atoms with Crippen molar-refractivity contribution in [2.24, 2.45) is 0 Å². The highest BCUT2D eigenvalue weighted by molar-refractivity contribution is 6.38. The second-order valence-electron chi connectivity index (χ2n) is 5.43. The molecule has 8 heteroatoms. The molecule has 0 spiro atoms. The third kappa shape index (κ3) is 3.54. The summed E-state index contributed by atoms with van der Waals surface area (Å²) in [6.07, 6.45) is 1.26. The fraction of sp³-hybridized carbons (Fsp3) is 0.111. The van der Waals surface area contributed by atoms with Gasteiger partial charge in [0.1, 0.15) is 13.1 Å². The van der Waals surface area contributed by atoms with Gasteiger partial charge in [-0.25, -0.2) is 4.98 Å². The molecule has 0 bridgehead atoms. The predicted molar refractivity (Wildman–Crippen MR) is 100 cm³/mol. The summed E-state index contributed by atoms with van der Waals surface area (Å²) in [5.74, 6) is -0.408. The molecular weight excluding hydrogens is 375 g/mol. The Hall–Kier alpha value is -2.88. The van der Waals surface area contributed by atoms with Gasteiger partial charge in [-0.2, -0.15) is 5.26 Å². The van der Waals surface area contributed by atoms with Gasteiger partial charge in [-0.15, -0.1) is 0 Å². The van der Waals surface area contributed by atoms with E-state index in [0.29, 0.717) is 16.2 Å². The maximum atomic E-state index is 12.7. The first-order chi connectivity index (χ1) is 12.5. The van der Waals surface area contributed by atoms with E-state index in [4.69, 9.17) is 28.5 Å². The van der Waals surface area contributed by atoms with Crippen molar-refractivity contribution >= 4 is 45.7 Å². The molecule has 0 fully saturated rings. The van der Waals surface area contributed by atoms with Gasteiger partial charge in [0, 0.05) is 10.7 Å². The van der Waals surface area contributed by atoms with Crippen molar-refractivity contribution in [3.63, 3.8) is 0 Å². The molecule has 2 aromatic carbocycles. The van der Waals surface area contributed by atoms with Crippen molar-refractivity contribution in [3.05, 3.63) is 69.2 Å². The number of nitrogens with zero attached hydrogens (tertiary/aromatic N) is 4. The number of nitriles is 1. The Kier molecular flexibility index (Phi) is 5.21. The molecule has 0 aliphatic rings.